The van der Waals surface area contributed by atoms with Crippen LogP contribution in [0.3, 0.4) is 0 Å². The van der Waals surface area contributed by atoms with Gasteiger partial charge in [0.05, 0.1) is 7.11 Å². The molecule has 0 aliphatic heterocycles. The zero-order chi connectivity index (χ0) is 16.0. The number of aliphatic carboxylic acids is 1. The van der Waals surface area contributed by atoms with Crippen molar-refractivity contribution < 1.29 is 24.2 Å². The Hall–Kier alpha value is -1.89. The normalized spacial score (nSPS) is 11.6. The second-order valence-electron chi connectivity index (χ2n) is 4.44. The Morgan fingerprint density at radius 2 is 2.05 bits per heavy atom. The topological polar surface area (TPSA) is 92.7 Å². The van der Waals surface area contributed by atoms with Gasteiger partial charge in [0.15, 0.2) is 0 Å². The van der Waals surface area contributed by atoms with Gasteiger partial charge in [-0.05, 0) is 37.1 Å². The summed E-state index contributed by atoms with van der Waals surface area (Å²) in [5.74, 6) is -2.21. The Balaban J connectivity index is 2.74. The van der Waals surface area contributed by atoms with Gasteiger partial charge in [-0.25, -0.2) is 4.79 Å². The van der Waals surface area contributed by atoms with E-state index in [1.807, 2.05) is 6.92 Å². The van der Waals surface area contributed by atoms with E-state index >= 15 is 0 Å². The van der Waals surface area contributed by atoms with Gasteiger partial charge in [-0.15, -0.1) is 0 Å². The van der Waals surface area contributed by atoms with Gasteiger partial charge in [-0.1, -0.05) is 15.9 Å². The van der Waals surface area contributed by atoms with Crippen LogP contribution in [-0.2, 0) is 14.3 Å². The second-order valence-corrected chi connectivity index (χ2v) is 5.30. The van der Waals surface area contributed by atoms with Crippen molar-refractivity contribution in [1.29, 1.82) is 0 Å². The SMILES string of the molecule is COC(=O)CC[C@H](NC(=O)c1ccc(Br)c(C)c1)C(=O)O. The molecule has 1 aromatic carbocycles. The largest absolute Gasteiger partial charge is 0.480 e. The van der Waals surface area contributed by atoms with Crippen molar-refractivity contribution in [2.24, 2.45) is 0 Å². The molecule has 6 nitrogen and oxygen atoms in total. The quantitative estimate of drug-likeness (QED) is 0.758. The molecule has 1 amide bonds. The van der Waals surface area contributed by atoms with Gasteiger partial charge in [0.1, 0.15) is 6.04 Å². The monoisotopic (exact) mass is 357 g/mol. The maximum atomic E-state index is 12.0. The molecule has 0 unspecified atom stereocenters. The van der Waals surface area contributed by atoms with Crippen molar-refractivity contribution in [2.75, 3.05) is 7.11 Å². The van der Waals surface area contributed by atoms with E-state index in [1.54, 1.807) is 18.2 Å². The molecule has 2 N–H and O–H groups in total. The summed E-state index contributed by atoms with van der Waals surface area (Å²) < 4.78 is 5.31. The van der Waals surface area contributed by atoms with Crippen molar-refractivity contribution in [3.8, 4) is 0 Å². The number of amides is 1. The van der Waals surface area contributed by atoms with E-state index in [0.29, 0.717) is 5.56 Å². The minimum absolute atomic E-state index is 0.0245. The first-order chi connectivity index (χ1) is 9.85. The fraction of sp³-hybridized carbons (Fsp3) is 0.357. The number of hydrogen-bond acceptors (Lipinski definition) is 4. The molecular formula is C14H16BrNO5. The number of esters is 1. The Morgan fingerprint density at radius 1 is 1.38 bits per heavy atom. The lowest BCUT2D eigenvalue weighted by molar-refractivity contribution is -0.142. The number of carboxylic acids is 1. The first-order valence-electron chi connectivity index (χ1n) is 6.21. The van der Waals surface area contributed by atoms with Gasteiger partial charge in [0.25, 0.3) is 5.91 Å². The minimum atomic E-state index is -1.19. The molecule has 0 spiro atoms. The number of ether oxygens (including phenoxy) is 1. The van der Waals surface area contributed by atoms with Crippen LogP contribution in [0.4, 0.5) is 0 Å². The average molecular weight is 358 g/mol. The third kappa shape index (κ3) is 5.18. The summed E-state index contributed by atoms with van der Waals surface area (Å²) in [6, 6.07) is 3.82. The van der Waals surface area contributed by atoms with Crippen LogP contribution < -0.4 is 5.32 Å². The molecule has 7 heteroatoms. The number of carbonyl (C=O) groups is 3. The van der Waals surface area contributed by atoms with Crippen LogP contribution in [-0.4, -0.2) is 36.1 Å². The van der Waals surface area contributed by atoms with Gasteiger partial charge in [-0.3, -0.25) is 9.59 Å². The lowest BCUT2D eigenvalue weighted by Crippen LogP contribution is -2.41. The van der Waals surface area contributed by atoms with E-state index in [1.165, 1.54) is 7.11 Å². The molecule has 21 heavy (non-hydrogen) atoms. The standard InChI is InChI=1S/C14H16BrNO5/c1-8-7-9(3-4-10(8)15)13(18)16-11(14(19)20)5-6-12(17)21-2/h3-4,7,11H,5-6H2,1-2H3,(H,16,18)(H,19,20)/t11-/m0/s1. The number of rotatable bonds is 6. The first-order valence-corrected chi connectivity index (χ1v) is 7.01. The fourth-order valence-electron chi connectivity index (χ4n) is 1.65. The predicted octanol–water partition coefficient (Wildman–Crippen LogP) is 1.89. The number of halogens is 1. The van der Waals surface area contributed by atoms with Gasteiger partial charge >= 0.3 is 11.9 Å². The Bertz CT molecular complexity index is 558. The third-order valence-corrected chi connectivity index (χ3v) is 3.78. The van der Waals surface area contributed by atoms with Crippen molar-refractivity contribution in [2.45, 2.75) is 25.8 Å². The van der Waals surface area contributed by atoms with Crippen LogP contribution in [0, 0.1) is 6.92 Å². The highest BCUT2D eigenvalue weighted by atomic mass is 79.9. The summed E-state index contributed by atoms with van der Waals surface area (Å²) in [6.45, 7) is 1.83. The molecule has 0 fully saturated rings. The van der Waals surface area contributed by atoms with Gasteiger partial charge < -0.3 is 15.2 Å². The van der Waals surface area contributed by atoms with E-state index in [4.69, 9.17) is 5.11 Å². The number of methoxy groups -OCH3 is 1. The molecule has 0 bridgehead atoms. The molecule has 1 atom stereocenters. The van der Waals surface area contributed by atoms with Crippen molar-refractivity contribution >= 4 is 33.8 Å². The van der Waals surface area contributed by atoms with E-state index < -0.39 is 23.9 Å². The smallest absolute Gasteiger partial charge is 0.326 e. The fourth-order valence-corrected chi connectivity index (χ4v) is 1.90. The van der Waals surface area contributed by atoms with Gasteiger partial charge in [0, 0.05) is 16.5 Å². The number of carbonyl (C=O) groups excluding carboxylic acids is 2. The van der Waals surface area contributed by atoms with E-state index in [-0.39, 0.29) is 12.8 Å². The van der Waals surface area contributed by atoms with Crippen LogP contribution in [0.1, 0.15) is 28.8 Å². The summed E-state index contributed by atoms with van der Waals surface area (Å²) in [4.78, 5) is 34.2. The Morgan fingerprint density at radius 3 is 2.57 bits per heavy atom. The zero-order valence-corrected chi connectivity index (χ0v) is 13.3. The second kappa shape index (κ2) is 7.78. The molecular weight excluding hydrogens is 342 g/mol. The van der Waals surface area contributed by atoms with Crippen molar-refractivity contribution in [3.63, 3.8) is 0 Å². The molecule has 0 aromatic heterocycles. The van der Waals surface area contributed by atoms with Gasteiger partial charge in [-0.2, -0.15) is 0 Å². The number of carboxylic acid groups (broad SMARTS) is 1. The van der Waals surface area contributed by atoms with Crippen LogP contribution in [0.2, 0.25) is 0 Å². The van der Waals surface area contributed by atoms with Gasteiger partial charge in [0.2, 0.25) is 0 Å². The van der Waals surface area contributed by atoms with Crippen molar-refractivity contribution in [3.05, 3.63) is 33.8 Å². The van der Waals surface area contributed by atoms with Crippen LogP contribution >= 0.6 is 15.9 Å². The molecule has 0 aliphatic rings. The molecule has 1 rings (SSSR count). The minimum Gasteiger partial charge on any atom is -0.480 e. The molecule has 0 aliphatic carbocycles. The maximum absolute atomic E-state index is 12.0. The lowest BCUT2D eigenvalue weighted by Gasteiger charge is -2.14. The summed E-state index contributed by atoms with van der Waals surface area (Å²) in [5, 5.41) is 11.5. The average Bonchev–Trinajstić information content (AvgIpc) is 2.45. The van der Waals surface area contributed by atoms with Crippen LogP contribution in [0.25, 0.3) is 0 Å². The molecule has 114 valence electrons. The highest BCUT2D eigenvalue weighted by Crippen LogP contribution is 2.17. The van der Waals surface area contributed by atoms with Crippen LogP contribution in [0.15, 0.2) is 22.7 Å². The maximum Gasteiger partial charge on any atom is 0.326 e. The molecule has 0 saturated heterocycles. The number of hydrogen-bond donors (Lipinski definition) is 2. The Kier molecular flexibility index (Phi) is 6.36. The summed E-state index contributed by atoms with van der Waals surface area (Å²) in [5.41, 5.74) is 1.23. The highest BCUT2D eigenvalue weighted by molar-refractivity contribution is 9.10. The highest BCUT2D eigenvalue weighted by Gasteiger charge is 2.22. The number of benzene rings is 1. The summed E-state index contributed by atoms with van der Waals surface area (Å²) >= 11 is 3.32. The number of nitrogens with one attached hydrogen (secondary N) is 1. The van der Waals surface area contributed by atoms with E-state index in [2.05, 4.69) is 26.0 Å². The molecule has 0 heterocycles. The lowest BCUT2D eigenvalue weighted by atomic mass is 10.1. The molecule has 1 aromatic rings. The van der Waals surface area contributed by atoms with Crippen molar-refractivity contribution in [1.82, 2.24) is 5.32 Å². The summed E-state index contributed by atoms with van der Waals surface area (Å²) in [6.07, 6.45) is -0.101. The van der Waals surface area contributed by atoms with Crippen LogP contribution in [0.5, 0.6) is 0 Å². The predicted molar refractivity (Wildman–Crippen MR) is 79.0 cm³/mol. The summed E-state index contributed by atoms with van der Waals surface area (Å²) in [7, 11) is 1.22. The van der Waals surface area contributed by atoms with E-state index in [0.717, 1.165) is 10.0 Å². The number of aryl methyl sites for hydroxylation is 1. The molecule has 0 radical (unpaired) electrons. The third-order valence-electron chi connectivity index (χ3n) is 2.89. The molecule has 0 saturated carbocycles. The van der Waals surface area contributed by atoms with E-state index in [9.17, 15) is 14.4 Å². The zero-order valence-electron chi connectivity index (χ0n) is 11.7. The first kappa shape index (κ1) is 17.2. The Labute approximate surface area is 130 Å².